The first-order valence-electron chi connectivity index (χ1n) is 10.6. The molecule has 0 aliphatic heterocycles. The van der Waals surface area contributed by atoms with Gasteiger partial charge in [-0.25, -0.2) is 0 Å². The zero-order valence-electron chi connectivity index (χ0n) is 20.1. The number of halogens is 2. The molecule has 0 aromatic heterocycles. The van der Waals surface area contributed by atoms with Gasteiger partial charge in [-0.1, -0.05) is 49.0 Å². The Balaban J connectivity index is 2.67. The molecule has 5 heteroatoms. The third kappa shape index (κ3) is 7.26. The molecule has 0 unspecified atom stereocenters. The second-order valence-corrected chi connectivity index (χ2v) is 11.4. The molecule has 0 amide bonds. The molecule has 0 saturated carbocycles. The average Bonchev–Trinajstić information content (AvgIpc) is 2.81. The van der Waals surface area contributed by atoms with Gasteiger partial charge in [-0.15, -0.1) is 35.3 Å². The molecule has 0 radical (unpaired) electrons. The summed E-state index contributed by atoms with van der Waals surface area (Å²) < 4.78 is 0. The van der Waals surface area contributed by atoms with Crippen molar-refractivity contribution in [1.29, 1.82) is 0 Å². The minimum atomic E-state index is 0.742. The highest BCUT2D eigenvalue weighted by Gasteiger charge is 2.16. The van der Waals surface area contributed by atoms with Gasteiger partial charge in [0.05, 0.1) is 0 Å². The predicted octanol–water partition coefficient (Wildman–Crippen LogP) is 10.8. The molecule has 0 aliphatic rings. The van der Waals surface area contributed by atoms with Crippen molar-refractivity contribution < 1.29 is 0 Å². The van der Waals surface area contributed by atoms with Crippen molar-refractivity contribution in [3.63, 3.8) is 0 Å². The Morgan fingerprint density at radius 3 is 1.64 bits per heavy atom. The molecule has 0 spiro atoms. The van der Waals surface area contributed by atoms with Crippen molar-refractivity contribution in [1.82, 2.24) is 0 Å². The molecule has 2 rings (SSSR count). The van der Waals surface area contributed by atoms with E-state index in [-0.39, 0.29) is 0 Å². The van der Waals surface area contributed by atoms with Gasteiger partial charge < -0.3 is 0 Å². The molecule has 0 atom stereocenters. The molecule has 0 saturated heterocycles. The standard InChI is InChI=1S/C28H32Cl2S3/c1-17(31-6)11-9-10-12-24(22-13-25(20(4)32-7)18(2)27(29)15-22)23-14-26(21(5)33-8)19(3)28(30)16-23/h12-16H,1,4-5,9-11H2,2-3,6-8H3. The maximum absolute atomic E-state index is 6.70. The van der Waals surface area contributed by atoms with E-state index in [1.54, 1.807) is 35.3 Å². The Kier molecular flexibility index (Phi) is 11.3. The first-order valence-corrected chi connectivity index (χ1v) is 15.1. The van der Waals surface area contributed by atoms with Crippen LogP contribution in [-0.2, 0) is 0 Å². The van der Waals surface area contributed by atoms with E-state index in [0.29, 0.717) is 0 Å². The van der Waals surface area contributed by atoms with E-state index in [1.165, 1.54) is 4.91 Å². The summed E-state index contributed by atoms with van der Waals surface area (Å²) in [5.74, 6) is 0. The molecule has 2 aromatic carbocycles. The Morgan fingerprint density at radius 2 is 1.24 bits per heavy atom. The topological polar surface area (TPSA) is 0 Å². The van der Waals surface area contributed by atoms with Crippen LogP contribution in [0.15, 0.2) is 55.0 Å². The molecule has 0 fully saturated rings. The van der Waals surface area contributed by atoms with Crippen molar-refractivity contribution in [3.05, 3.63) is 98.4 Å². The average molecular weight is 536 g/mol. The largest absolute Gasteiger partial charge is 0.135 e. The van der Waals surface area contributed by atoms with Gasteiger partial charge in [0.2, 0.25) is 0 Å². The summed E-state index contributed by atoms with van der Waals surface area (Å²) in [5, 5.41) is 1.48. The first-order chi connectivity index (χ1) is 15.6. The van der Waals surface area contributed by atoms with Crippen LogP contribution in [0.1, 0.15) is 52.6 Å². The highest BCUT2D eigenvalue weighted by atomic mass is 35.5. The molecule has 0 N–H and O–H groups in total. The zero-order valence-corrected chi connectivity index (χ0v) is 24.1. The van der Waals surface area contributed by atoms with Crippen LogP contribution in [-0.4, -0.2) is 18.8 Å². The van der Waals surface area contributed by atoms with E-state index in [2.05, 4.69) is 56.3 Å². The van der Waals surface area contributed by atoms with Gasteiger partial charge in [0.25, 0.3) is 0 Å². The number of thioether (sulfide) groups is 3. The normalized spacial score (nSPS) is 10.8. The minimum absolute atomic E-state index is 0.742. The third-order valence-electron chi connectivity index (χ3n) is 5.70. The Bertz CT molecular complexity index is 1020. The highest BCUT2D eigenvalue weighted by molar-refractivity contribution is 8.07. The van der Waals surface area contributed by atoms with Crippen LogP contribution in [0, 0.1) is 13.8 Å². The number of allylic oxidation sites excluding steroid dienone is 2. The van der Waals surface area contributed by atoms with E-state index in [4.69, 9.17) is 23.2 Å². The lowest BCUT2D eigenvalue weighted by atomic mass is 9.91. The summed E-state index contributed by atoms with van der Waals surface area (Å²) in [5.41, 5.74) is 7.53. The van der Waals surface area contributed by atoms with E-state index in [1.807, 2.05) is 26.4 Å². The van der Waals surface area contributed by atoms with Gasteiger partial charge >= 0.3 is 0 Å². The monoisotopic (exact) mass is 534 g/mol. The van der Waals surface area contributed by atoms with E-state index < -0.39 is 0 Å². The molecule has 0 heterocycles. The summed E-state index contributed by atoms with van der Waals surface area (Å²) in [4.78, 5) is 3.22. The predicted molar refractivity (Wildman–Crippen MR) is 161 cm³/mol. The summed E-state index contributed by atoms with van der Waals surface area (Å²) >= 11 is 18.4. The van der Waals surface area contributed by atoms with E-state index in [0.717, 1.165) is 78.1 Å². The molecule has 0 bridgehead atoms. The van der Waals surface area contributed by atoms with Crippen LogP contribution in [0.4, 0.5) is 0 Å². The number of unbranched alkanes of at least 4 members (excludes halogenated alkanes) is 1. The molecule has 176 valence electrons. The second-order valence-electron chi connectivity index (χ2n) is 7.77. The minimum Gasteiger partial charge on any atom is -0.135 e. The number of hydrogen-bond acceptors (Lipinski definition) is 3. The molecule has 2 aromatic rings. The Morgan fingerprint density at radius 1 is 0.788 bits per heavy atom. The van der Waals surface area contributed by atoms with Gasteiger partial charge in [-0.3, -0.25) is 0 Å². The van der Waals surface area contributed by atoms with Crippen LogP contribution in [0.3, 0.4) is 0 Å². The fourth-order valence-electron chi connectivity index (χ4n) is 3.52. The highest BCUT2D eigenvalue weighted by Crippen LogP contribution is 2.38. The SMILES string of the molecule is C=C(CCCC=C(c1cc(Cl)c(C)c(C(=C)SC)c1)c1cc(Cl)c(C)c(C(=C)SC)c1)SC. The van der Waals surface area contributed by atoms with Crippen LogP contribution >= 0.6 is 58.5 Å². The zero-order chi connectivity index (χ0) is 24.7. The fourth-order valence-corrected chi connectivity index (χ4v) is 5.17. The Labute approximate surface area is 223 Å². The molecular formula is C28H32Cl2S3. The third-order valence-corrected chi connectivity index (χ3v) is 8.69. The van der Waals surface area contributed by atoms with E-state index >= 15 is 0 Å². The van der Waals surface area contributed by atoms with Crippen molar-refractivity contribution in [2.75, 3.05) is 18.8 Å². The van der Waals surface area contributed by atoms with Crippen molar-refractivity contribution >= 4 is 73.9 Å². The summed E-state index contributed by atoms with van der Waals surface area (Å²) in [6.07, 6.45) is 11.4. The lowest BCUT2D eigenvalue weighted by molar-refractivity contribution is 0.863. The van der Waals surface area contributed by atoms with E-state index in [9.17, 15) is 0 Å². The number of benzene rings is 2. The number of rotatable bonds is 11. The second kappa shape index (κ2) is 13.2. The summed E-state index contributed by atoms with van der Waals surface area (Å²) in [6.45, 7) is 16.7. The summed E-state index contributed by atoms with van der Waals surface area (Å²) in [7, 11) is 0. The van der Waals surface area contributed by atoms with Crippen LogP contribution in [0.5, 0.6) is 0 Å². The van der Waals surface area contributed by atoms with Crippen molar-refractivity contribution in [3.8, 4) is 0 Å². The van der Waals surface area contributed by atoms with Gasteiger partial charge in [0.1, 0.15) is 0 Å². The van der Waals surface area contributed by atoms with Gasteiger partial charge in [-0.05, 0) is 120 Å². The molecular weight excluding hydrogens is 503 g/mol. The van der Waals surface area contributed by atoms with Crippen molar-refractivity contribution in [2.24, 2.45) is 0 Å². The maximum Gasteiger partial charge on any atom is 0.0447 e. The van der Waals surface area contributed by atoms with Crippen LogP contribution < -0.4 is 0 Å². The molecule has 0 nitrogen and oxygen atoms in total. The van der Waals surface area contributed by atoms with Crippen molar-refractivity contribution in [2.45, 2.75) is 33.1 Å². The molecule has 0 aliphatic carbocycles. The lowest BCUT2D eigenvalue weighted by Crippen LogP contribution is -1.97. The van der Waals surface area contributed by atoms with Crippen LogP contribution in [0.25, 0.3) is 15.4 Å². The lowest BCUT2D eigenvalue weighted by Gasteiger charge is -2.18. The maximum atomic E-state index is 6.70. The smallest absolute Gasteiger partial charge is 0.0447 e. The van der Waals surface area contributed by atoms with Gasteiger partial charge in [0, 0.05) is 19.9 Å². The quantitative estimate of drug-likeness (QED) is 0.263. The van der Waals surface area contributed by atoms with Crippen LogP contribution in [0.2, 0.25) is 10.0 Å². The Hall–Kier alpha value is -0.970. The fraction of sp³-hybridized carbons (Fsp3) is 0.286. The number of hydrogen-bond donors (Lipinski definition) is 0. The van der Waals surface area contributed by atoms with Gasteiger partial charge in [-0.2, -0.15) is 0 Å². The van der Waals surface area contributed by atoms with Gasteiger partial charge in [0.15, 0.2) is 0 Å². The summed E-state index contributed by atoms with van der Waals surface area (Å²) in [6, 6.07) is 8.50. The molecule has 33 heavy (non-hydrogen) atoms. The first kappa shape index (κ1) is 28.3.